The van der Waals surface area contributed by atoms with Gasteiger partial charge in [0.15, 0.2) is 11.6 Å². The fraction of sp³-hybridized carbons (Fsp3) is 0.571. The first kappa shape index (κ1) is 27.0. The molecular formula is C28H37FN4O4S. The third-order valence-electron chi connectivity index (χ3n) is 7.89. The summed E-state index contributed by atoms with van der Waals surface area (Å²) in [6.07, 6.45) is 11.1. The molecular weight excluding hydrogens is 507 g/mol. The van der Waals surface area contributed by atoms with Crippen LogP contribution in [0.3, 0.4) is 0 Å². The third kappa shape index (κ3) is 5.87. The number of anilines is 1. The molecule has 2 aromatic rings. The van der Waals surface area contributed by atoms with Crippen molar-refractivity contribution in [2.24, 2.45) is 5.92 Å². The van der Waals surface area contributed by atoms with Gasteiger partial charge in [-0.15, -0.1) is 0 Å². The molecule has 4 heterocycles. The maximum Gasteiger partial charge on any atom is 0.225 e. The van der Waals surface area contributed by atoms with Crippen LogP contribution in [0.25, 0.3) is 5.57 Å². The second-order valence-corrected chi connectivity index (χ2v) is 12.6. The van der Waals surface area contributed by atoms with Crippen LogP contribution in [0.4, 0.5) is 10.3 Å². The van der Waals surface area contributed by atoms with Gasteiger partial charge in [-0.3, -0.25) is 0 Å². The predicted octanol–water partition coefficient (Wildman–Crippen LogP) is 3.59. The van der Waals surface area contributed by atoms with E-state index in [2.05, 4.69) is 21.8 Å². The summed E-state index contributed by atoms with van der Waals surface area (Å²) in [5, 5.41) is 8.96. The molecule has 1 unspecified atom stereocenters. The van der Waals surface area contributed by atoms with Gasteiger partial charge in [-0.05, 0) is 66.9 Å². The van der Waals surface area contributed by atoms with Gasteiger partial charge in [-0.2, -0.15) is 4.31 Å². The van der Waals surface area contributed by atoms with Crippen LogP contribution in [-0.4, -0.2) is 72.4 Å². The number of aliphatic hydroxyl groups is 1. The van der Waals surface area contributed by atoms with Crippen LogP contribution in [0, 0.1) is 11.7 Å². The third-order valence-corrected chi connectivity index (χ3v) is 9.81. The average Bonchev–Trinajstić information content (AvgIpc) is 3.38. The van der Waals surface area contributed by atoms with Crippen LogP contribution in [0.5, 0.6) is 5.75 Å². The molecule has 0 bridgehead atoms. The molecule has 206 valence electrons. The molecule has 8 nitrogen and oxygen atoms in total. The highest BCUT2D eigenvalue weighted by atomic mass is 32.2. The summed E-state index contributed by atoms with van der Waals surface area (Å²) in [5.74, 6) is 1.07. The van der Waals surface area contributed by atoms with Gasteiger partial charge in [0.1, 0.15) is 6.10 Å². The summed E-state index contributed by atoms with van der Waals surface area (Å²) in [4.78, 5) is 11.3. The minimum atomic E-state index is -3.39. The standard InChI is InChI=1S/C28H37FN4O4S/c1-2-4-20-18-30-28(31-19-20)32-9-5-22(6-10-32)26-17-24-15-23(16-25(29)27(24)37-26)21-7-11-33(12-8-21)38(35,36)14-3-13-34/h7,15-16,18-19,22,26,34H,2-6,8-14,17H2,1H3. The number of aromatic nitrogens is 2. The van der Waals surface area contributed by atoms with E-state index < -0.39 is 10.0 Å². The number of rotatable bonds is 9. The topological polar surface area (TPSA) is 95.9 Å². The second-order valence-electron chi connectivity index (χ2n) is 10.5. The van der Waals surface area contributed by atoms with Crippen LogP contribution < -0.4 is 9.64 Å². The monoisotopic (exact) mass is 544 g/mol. The molecule has 1 atom stereocenters. The van der Waals surface area contributed by atoms with Crippen LogP contribution in [0.2, 0.25) is 0 Å². The molecule has 3 aliphatic rings. The Bertz CT molecular complexity index is 1260. The molecule has 0 spiro atoms. The van der Waals surface area contributed by atoms with Crippen molar-refractivity contribution in [3.63, 3.8) is 0 Å². The Labute approximate surface area is 224 Å². The van der Waals surface area contributed by atoms with E-state index in [1.54, 1.807) is 0 Å². The van der Waals surface area contributed by atoms with E-state index in [0.717, 1.165) is 67.0 Å². The number of sulfonamides is 1. The van der Waals surface area contributed by atoms with E-state index in [-0.39, 0.29) is 37.2 Å². The number of aliphatic hydroxyl groups excluding tert-OH is 1. The van der Waals surface area contributed by atoms with Crippen molar-refractivity contribution in [1.82, 2.24) is 14.3 Å². The molecule has 5 rings (SSSR count). The number of halogens is 1. The molecule has 0 radical (unpaired) electrons. The summed E-state index contributed by atoms with van der Waals surface area (Å²) >= 11 is 0. The fourth-order valence-electron chi connectivity index (χ4n) is 5.73. The van der Waals surface area contributed by atoms with Crippen molar-refractivity contribution in [2.45, 2.75) is 58.0 Å². The highest BCUT2D eigenvalue weighted by Crippen LogP contribution is 2.39. The fourth-order valence-corrected chi connectivity index (χ4v) is 7.16. The Morgan fingerprint density at radius 2 is 1.92 bits per heavy atom. The van der Waals surface area contributed by atoms with Gasteiger partial charge in [0, 0.05) is 57.2 Å². The van der Waals surface area contributed by atoms with Gasteiger partial charge >= 0.3 is 0 Å². The van der Waals surface area contributed by atoms with Crippen LogP contribution in [-0.2, 0) is 22.9 Å². The first-order chi connectivity index (χ1) is 18.4. The number of piperidine rings is 1. The van der Waals surface area contributed by atoms with Gasteiger partial charge in [0.05, 0.1) is 5.75 Å². The van der Waals surface area contributed by atoms with Crippen LogP contribution in [0.1, 0.15) is 55.7 Å². The van der Waals surface area contributed by atoms with E-state index in [1.807, 2.05) is 24.5 Å². The van der Waals surface area contributed by atoms with Crippen molar-refractivity contribution in [2.75, 3.05) is 43.4 Å². The molecule has 38 heavy (non-hydrogen) atoms. The minimum absolute atomic E-state index is 0.0442. The van der Waals surface area contributed by atoms with Crippen LogP contribution in [0.15, 0.2) is 30.6 Å². The SMILES string of the molecule is CCCc1cnc(N2CCC(C3Cc4cc(C5=CCN(S(=O)(=O)CCCO)CC5)cc(F)c4O3)CC2)nc1. The predicted molar refractivity (Wildman–Crippen MR) is 145 cm³/mol. The van der Waals surface area contributed by atoms with Gasteiger partial charge in [0.2, 0.25) is 16.0 Å². The summed E-state index contributed by atoms with van der Waals surface area (Å²) in [5.41, 5.74) is 3.81. The lowest BCUT2D eigenvalue weighted by Gasteiger charge is -2.34. The summed E-state index contributed by atoms with van der Waals surface area (Å²) in [6.45, 7) is 4.34. The number of hydrogen-bond donors (Lipinski definition) is 1. The van der Waals surface area contributed by atoms with E-state index in [1.165, 1.54) is 10.4 Å². The highest BCUT2D eigenvalue weighted by molar-refractivity contribution is 7.89. The molecule has 3 aliphatic heterocycles. The first-order valence-corrected chi connectivity index (χ1v) is 15.3. The number of nitrogens with zero attached hydrogens (tertiary/aromatic N) is 4. The van der Waals surface area contributed by atoms with Gasteiger partial charge < -0.3 is 14.7 Å². The summed E-state index contributed by atoms with van der Waals surface area (Å²) in [7, 11) is -3.39. The normalized spacial score (nSPS) is 20.8. The Kier molecular flexibility index (Phi) is 8.30. The first-order valence-electron chi connectivity index (χ1n) is 13.7. The number of hydrogen-bond acceptors (Lipinski definition) is 7. The minimum Gasteiger partial charge on any atom is -0.486 e. The quantitative estimate of drug-likeness (QED) is 0.516. The number of benzene rings is 1. The molecule has 1 N–H and O–H groups in total. The maximum absolute atomic E-state index is 15.1. The number of aryl methyl sites for hydroxylation is 1. The Morgan fingerprint density at radius 3 is 2.58 bits per heavy atom. The lowest BCUT2D eigenvalue weighted by atomic mass is 9.88. The summed E-state index contributed by atoms with van der Waals surface area (Å²) < 4.78 is 47.5. The molecule has 0 aliphatic carbocycles. The van der Waals surface area contributed by atoms with Crippen molar-refractivity contribution in [3.8, 4) is 5.75 Å². The smallest absolute Gasteiger partial charge is 0.225 e. The molecule has 0 saturated carbocycles. The largest absolute Gasteiger partial charge is 0.486 e. The molecule has 1 saturated heterocycles. The molecule has 10 heteroatoms. The average molecular weight is 545 g/mol. The van der Waals surface area contributed by atoms with E-state index >= 15 is 4.39 Å². The highest BCUT2D eigenvalue weighted by Gasteiger charge is 2.35. The zero-order chi connectivity index (χ0) is 26.7. The Morgan fingerprint density at radius 1 is 1.16 bits per heavy atom. The zero-order valence-corrected chi connectivity index (χ0v) is 22.8. The number of fused-ring (bicyclic) bond motifs is 1. The van der Waals surface area contributed by atoms with Gasteiger partial charge in [-0.1, -0.05) is 19.4 Å². The van der Waals surface area contributed by atoms with Crippen molar-refractivity contribution in [1.29, 1.82) is 0 Å². The molecule has 1 aromatic heterocycles. The van der Waals surface area contributed by atoms with Crippen LogP contribution >= 0.6 is 0 Å². The lowest BCUT2D eigenvalue weighted by molar-refractivity contribution is 0.134. The zero-order valence-electron chi connectivity index (χ0n) is 22.0. The maximum atomic E-state index is 15.1. The number of ether oxygens (including phenoxy) is 1. The molecule has 0 amide bonds. The summed E-state index contributed by atoms with van der Waals surface area (Å²) in [6, 6.07) is 3.53. The van der Waals surface area contributed by atoms with Gasteiger partial charge in [-0.25, -0.2) is 22.8 Å². The second kappa shape index (κ2) is 11.7. The van der Waals surface area contributed by atoms with Crippen molar-refractivity contribution in [3.05, 3.63) is 53.1 Å². The van der Waals surface area contributed by atoms with E-state index in [9.17, 15) is 8.42 Å². The molecule has 1 aromatic carbocycles. The van der Waals surface area contributed by atoms with Crippen molar-refractivity contribution >= 4 is 21.5 Å². The van der Waals surface area contributed by atoms with Crippen molar-refractivity contribution < 1.29 is 22.7 Å². The van der Waals surface area contributed by atoms with E-state index in [4.69, 9.17) is 9.84 Å². The Balaban J connectivity index is 1.19. The molecule has 1 fully saturated rings. The Hall–Kier alpha value is -2.56. The lowest BCUT2D eigenvalue weighted by Crippen LogP contribution is -2.40. The van der Waals surface area contributed by atoms with Gasteiger partial charge in [0.25, 0.3) is 0 Å². The van der Waals surface area contributed by atoms with E-state index in [0.29, 0.717) is 31.1 Å².